The number of hydrogen-bond donors (Lipinski definition) is 0. The molecular weight excluding hydrogens is 258 g/mol. The summed E-state index contributed by atoms with van der Waals surface area (Å²) >= 11 is 8.78. The normalized spacial score (nSPS) is 14.5. The predicted octanol–water partition coefficient (Wildman–Crippen LogP) is 3.22. The minimum Gasteiger partial charge on any atom is -0.270 e. The third-order valence-corrected chi connectivity index (χ3v) is 2.62. The predicted molar refractivity (Wildman–Crippen MR) is 53.6 cm³/mol. The maximum absolute atomic E-state index is 13.5. The molecule has 1 aromatic rings. The fraction of sp³-hybridized carbons (Fsp3) is 0.125. The van der Waals surface area contributed by atoms with Gasteiger partial charge in [-0.15, -0.1) is 0 Å². The molecule has 68 valence electrons. The van der Waals surface area contributed by atoms with Crippen molar-refractivity contribution in [2.24, 2.45) is 4.99 Å². The van der Waals surface area contributed by atoms with Crippen molar-refractivity contribution in [1.82, 2.24) is 4.42 Å². The van der Waals surface area contributed by atoms with Crippen LogP contribution in [0.25, 0.3) is 0 Å². The first kappa shape index (κ1) is 8.97. The zero-order valence-electron chi connectivity index (χ0n) is 6.47. The largest absolute Gasteiger partial charge is 0.270 e. The Balaban J connectivity index is 2.57. The van der Waals surface area contributed by atoms with Crippen LogP contribution >= 0.6 is 27.7 Å². The lowest BCUT2D eigenvalue weighted by Gasteiger charge is -2.17. The van der Waals surface area contributed by atoms with Crippen LogP contribution in [0.15, 0.2) is 21.6 Å². The first-order valence-corrected chi connectivity index (χ1v) is 4.75. The smallest absolute Gasteiger partial charge is 0.144 e. The van der Waals surface area contributed by atoms with E-state index in [-0.39, 0.29) is 5.82 Å². The van der Waals surface area contributed by atoms with E-state index in [1.807, 2.05) is 0 Å². The van der Waals surface area contributed by atoms with Gasteiger partial charge >= 0.3 is 0 Å². The highest BCUT2D eigenvalue weighted by Crippen LogP contribution is 2.31. The molecule has 0 aromatic heterocycles. The van der Waals surface area contributed by atoms with Crippen LogP contribution in [0.4, 0.5) is 10.1 Å². The summed E-state index contributed by atoms with van der Waals surface area (Å²) in [7, 11) is 0. The standard InChI is InChI=1S/C8H5BrClFN2/c9-6-1-2-7-5(8(6)11)3-13(10)4-12-7/h1-2,4H,3H2. The van der Waals surface area contributed by atoms with Gasteiger partial charge in [0.2, 0.25) is 0 Å². The zero-order chi connectivity index (χ0) is 9.42. The molecule has 1 aliphatic rings. The summed E-state index contributed by atoms with van der Waals surface area (Å²) in [5.41, 5.74) is 1.16. The minimum atomic E-state index is -0.292. The maximum atomic E-state index is 13.5. The van der Waals surface area contributed by atoms with Gasteiger partial charge in [0.15, 0.2) is 0 Å². The molecule has 0 spiro atoms. The molecule has 0 radical (unpaired) electrons. The van der Waals surface area contributed by atoms with Gasteiger partial charge in [-0.05, 0) is 28.1 Å². The Bertz CT molecular complexity index is 381. The molecule has 0 N–H and O–H groups in total. The fourth-order valence-electron chi connectivity index (χ4n) is 1.17. The molecule has 0 fully saturated rings. The summed E-state index contributed by atoms with van der Waals surface area (Å²) in [5, 5.41) is 0. The Kier molecular flexibility index (Phi) is 2.26. The Morgan fingerprint density at radius 2 is 2.31 bits per heavy atom. The van der Waals surface area contributed by atoms with Gasteiger partial charge in [0, 0.05) is 17.3 Å². The number of halogens is 3. The lowest BCUT2D eigenvalue weighted by atomic mass is 10.1. The van der Waals surface area contributed by atoms with Gasteiger partial charge in [-0.1, -0.05) is 0 Å². The van der Waals surface area contributed by atoms with Crippen molar-refractivity contribution >= 4 is 39.7 Å². The number of benzene rings is 1. The Labute approximate surface area is 88.3 Å². The van der Waals surface area contributed by atoms with Crippen LogP contribution in [-0.2, 0) is 6.54 Å². The van der Waals surface area contributed by atoms with E-state index >= 15 is 0 Å². The summed E-state index contributed by atoms with van der Waals surface area (Å²) in [6, 6.07) is 3.39. The van der Waals surface area contributed by atoms with E-state index < -0.39 is 0 Å². The average molecular weight is 263 g/mol. The quantitative estimate of drug-likeness (QED) is 0.656. The van der Waals surface area contributed by atoms with Crippen LogP contribution in [0.5, 0.6) is 0 Å². The topological polar surface area (TPSA) is 15.6 Å². The van der Waals surface area contributed by atoms with Crippen LogP contribution in [-0.4, -0.2) is 10.8 Å². The van der Waals surface area contributed by atoms with Crippen molar-refractivity contribution in [3.8, 4) is 0 Å². The summed E-state index contributed by atoms with van der Waals surface area (Å²) < 4.78 is 15.2. The highest BCUT2D eigenvalue weighted by molar-refractivity contribution is 9.10. The number of rotatable bonds is 0. The molecule has 0 saturated heterocycles. The summed E-state index contributed by atoms with van der Waals surface area (Å²) in [5.74, 6) is -0.292. The first-order valence-electron chi connectivity index (χ1n) is 3.62. The molecule has 0 amide bonds. The molecule has 1 heterocycles. The Hall–Kier alpha value is -0.610. The van der Waals surface area contributed by atoms with E-state index in [0.29, 0.717) is 22.3 Å². The van der Waals surface area contributed by atoms with E-state index in [1.54, 1.807) is 12.1 Å². The molecular formula is C8H5BrClFN2. The highest BCUT2D eigenvalue weighted by atomic mass is 79.9. The van der Waals surface area contributed by atoms with Gasteiger partial charge in [0.05, 0.1) is 16.7 Å². The van der Waals surface area contributed by atoms with Crippen LogP contribution in [0.1, 0.15) is 5.56 Å². The molecule has 0 bridgehead atoms. The van der Waals surface area contributed by atoms with Crippen molar-refractivity contribution in [1.29, 1.82) is 0 Å². The van der Waals surface area contributed by atoms with Gasteiger partial charge in [0.25, 0.3) is 0 Å². The number of nitrogens with zero attached hydrogens (tertiary/aromatic N) is 2. The van der Waals surface area contributed by atoms with Crippen molar-refractivity contribution in [3.05, 3.63) is 28.0 Å². The third kappa shape index (κ3) is 1.56. The highest BCUT2D eigenvalue weighted by Gasteiger charge is 2.16. The van der Waals surface area contributed by atoms with Crippen LogP contribution in [0, 0.1) is 5.82 Å². The number of hydrogen-bond acceptors (Lipinski definition) is 2. The van der Waals surface area contributed by atoms with E-state index in [2.05, 4.69) is 20.9 Å². The summed E-state index contributed by atoms with van der Waals surface area (Å²) in [4.78, 5) is 3.98. The SMILES string of the molecule is Fc1c(Br)ccc2c1CN(Cl)C=N2. The first-order chi connectivity index (χ1) is 6.18. The third-order valence-electron chi connectivity index (χ3n) is 1.80. The van der Waals surface area contributed by atoms with Gasteiger partial charge in [0.1, 0.15) is 12.2 Å². The lowest BCUT2D eigenvalue weighted by Crippen LogP contribution is -2.14. The van der Waals surface area contributed by atoms with E-state index in [9.17, 15) is 4.39 Å². The van der Waals surface area contributed by atoms with Crippen molar-refractivity contribution in [2.45, 2.75) is 6.54 Å². The second-order valence-corrected chi connectivity index (χ2v) is 3.95. The summed E-state index contributed by atoms with van der Waals surface area (Å²) in [6.45, 7) is 0.339. The monoisotopic (exact) mass is 262 g/mol. The lowest BCUT2D eigenvalue weighted by molar-refractivity contribution is 0.566. The van der Waals surface area contributed by atoms with Gasteiger partial charge in [-0.3, -0.25) is 4.42 Å². The molecule has 13 heavy (non-hydrogen) atoms. The molecule has 1 aromatic carbocycles. The van der Waals surface area contributed by atoms with Gasteiger partial charge in [-0.2, -0.15) is 0 Å². The van der Waals surface area contributed by atoms with Crippen LogP contribution in [0.3, 0.4) is 0 Å². The van der Waals surface area contributed by atoms with Crippen molar-refractivity contribution in [3.63, 3.8) is 0 Å². The van der Waals surface area contributed by atoms with Crippen molar-refractivity contribution in [2.75, 3.05) is 0 Å². The molecule has 0 aliphatic carbocycles. The molecule has 0 unspecified atom stereocenters. The average Bonchev–Trinajstić information content (AvgIpc) is 2.12. The second kappa shape index (κ2) is 3.27. The van der Waals surface area contributed by atoms with Crippen LogP contribution in [0.2, 0.25) is 0 Å². The molecule has 0 atom stereocenters. The number of aliphatic imine (C=N–C) groups is 1. The Morgan fingerprint density at radius 1 is 1.54 bits per heavy atom. The summed E-state index contributed by atoms with van der Waals surface area (Å²) in [6.07, 6.45) is 1.47. The second-order valence-electron chi connectivity index (χ2n) is 2.66. The zero-order valence-corrected chi connectivity index (χ0v) is 8.81. The molecule has 2 rings (SSSR count). The van der Waals surface area contributed by atoms with E-state index in [0.717, 1.165) is 0 Å². The molecule has 0 saturated carbocycles. The van der Waals surface area contributed by atoms with E-state index in [4.69, 9.17) is 11.8 Å². The molecule has 1 aliphatic heterocycles. The van der Waals surface area contributed by atoms with E-state index in [1.165, 1.54) is 10.8 Å². The fourth-order valence-corrected chi connectivity index (χ4v) is 1.71. The van der Waals surface area contributed by atoms with Gasteiger partial charge in [-0.25, -0.2) is 9.38 Å². The minimum absolute atomic E-state index is 0.292. The maximum Gasteiger partial charge on any atom is 0.144 e. The number of fused-ring (bicyclic) bond motifs is 1. The Morgan fingerprint density at radius 3 is 3.08 bits per heavy atom. The molecule has 2 nitrogen and oxygen atoms in total. The van der Waals surface area contributed by atoms with Crippen LogP contribution < -0.4 is 0 Å². The molecule has 5 heteroatoms. The van der Waals surface area contributed by atoms with Gasteiger partial charge < -0.3 is 0 Å². The van der Waals surface area contributed by atoms with Crippen molar-refractivity contribution < 1.29 is 4.39 Å².